The van der Waals surface area contributed by atoms with Crippen molar-refractivity contribution in [3.05, 3.63) is 156 Å². The zero-order chi connectivity index (χ0) is 35.6. The molecule has 0 saturated heterocycles. The third-order valence-corrected chi connectivity index (χ3v) is 10.4. The van der Waals surface area contributed by atoms with Crippen LogP contribution in [0.25, 0.3) is 34.3 Å². The van der Waals surface area contributed by atoms with Gasteiger partial charge in [0, 0.05) is 15.7 Å². The van der Waals surface area contributed by atoms with Crippen LogP contribution in [0.2, 0.25) is 0 Å². The molecule has 0 amide bonds. The van der Waals surface area contributed by atoms with Gasteiger partial charge in [0.1, 0.15) is 0 Å². The number of nitrogens with zero attached hydrogens (tertiary/aromatic N) is 3. The summed E-state index contributed by atoms with van der Waals surface area (Å²) in [6, 6.07) is 35.4. The maximum atomic E-state index is 14.7. The third-order valence-electron chi connectivity index (χ3n) is 8.76. The molecule has 256 valence electrons. The van der Waals surface area contributed by atoms with Gasteiger partial charge in [-0.1, -0.05) is 106 Å². The maximum absolute atomic E-state index is 14.7. The second-order valence-electron chi connectivity index (χ2n) is 11.8. The van der Waals surface area contributed by atoms with Crippen molar-refractivity contribution in [1.29, 1.82) is 0 Å². The zero-order valence-electron chi connectivity index (χ0n) is 28.4. The van der Waals surface area contributed by atoms with E-state index in [1.165, 1.54) is 11.3 Å². The predicted molar refractivity (Wildman–Crippen MR) is 204 cm³/mol. The van der Waals surface area contributed by atoms with Gasteiger partial charge in [-0.15, -0.1) is 0 Å². The number of halogens is 1. The van der Waals surface area contributed by atoms with Crippen molar-refractivity contribution in [3.63, 3.8) is 0 Å². The monoisotopic (exact) mass is 759 g/mol. The predicted octanol–water partition coefficient (Wildman–Crippen LogP) is 7.70. The number of allylic oxidation sites excluding steroid dienone is 1. The topological polar surface area (TPSA) is 84.1 Å². The number of methoxy groups -OCH3 is 2. The van der Waals surface area contributed by atoms with E-state index in [1.807, 2.05) is 60.7 Å². The average molecular weight is 761 g/mol. The number of ether oxygens (including phenoxy) is 3. The fourth-order valence-corrected chi connectivity index (χ4v) is 8.08. The highest BCUT2D eigenvalue weighted by atomic mass is 79.9. The minimum absolute atomic E-state index is 0.171. The molecule has 0 unspecified atom stereocenters. The molecular formula is C41H34BrN3O5S. The zero-order valence-corrected chi connectivity index (χ0v) is 30.8. The van der Waals surface area contributed by atoms with Gasteiger partial charge in [0.25, 0.3) is 5.56 Å². The number of benzene rings is 4. The molecule has 0 bridgehead atoms. The Labute approximate surface area is 307 Å². The lowest BCUT2D eigenvalue weighted by molar-refractivity contribution is -0.139. The molecule has 8 nitrogen and oxygen atoms in total. The van der Waals surface area contributed by atoms with E-state index in [0.717, 1.165) is 33.8 Å². The van der Waals surface area contributed by atoms with Gasteiger partial charge in [-0.2, -0.15) is 0 Å². The van der Waals surface area contributed by atoms with Crippen molar-refractivity contribution >= 4 is 39.3 Å². The number of carbonyl (C=O) groups excluding carboxylic acids is 1. The summed E-state index contributed by atoms with van der Waals surface area (Å²) in [5.74, 6) is 0.418. The van der Waals surface area contributed by atoms with E-state index in [0.29, 0.717) is 36.6 Å². The summed E-state index contributed by atoms with van der Waals surface area (Å²) < 4.78 is 21.6. The number of esters is 1. The van der Waals surface area contributed by atoms with Gasteiger partial charge in [-0.05, 0) is 66.9 Å². The first kappa shape index (κ1) is 34.0. The quantitative estimate of drug-likeness (QED) is 0.141. The number of rotatable bonds is 9. The first-order valence-corrected chi connectivity index (χ1v) is 18.0. The average Bonchev–Trinajstić information content (AvgIpc) is 3.68. The van der Waals surface area contributed by atoms with Gasteiger partial charge in [-0.25, -0.2) is 9.79 Å². The van der Waals surface area contributed by atoms with Gasteiger partial charge in [-0.3, -0.25) is 9.36 Å². The first-order chi connectivity index (χ1) is 24.8. The lowest BCUT2D eigenvalue weighted by Gasteiger charge is -2.26. The molecule has 10 heteroatoms. The highest BCUT2D eigenvalue weighted by molar-refractivity contribution is 9.10. The highest BCUT2D eigenvalue weighted by Crippen LogP contribution is 2.41. The van der Waals surface area contributed by atoms with Gasteiger partial charge in [0.2, 0.25) is 0 Å². The largest absolute Gasteiger partial charge is 0.493 e. The summed E-state index contributed by atoms with van der Waals surface area (Å²) in [6.07, 6.45) is 1.93. The van der Waals surface area contributed by atoms with Crippen LogP contribution in [0.4, 0.5) is 0 Å². The van der Waals surface area contributed by atoms with Crippen molar-refractivity contribution in [2.24, 2.45) is 4.99 Å². The fraction of sp³-hybridized carbons (Fsp3) is 0.146. The van der Waals surface area contributed by atoms with E-state index in [-0.39, 0.29) is 17.7 Å². The third kappa shape index (κ3) is 6.26. The summed E-state index contributed by atoms with van der Waals surface area (Å²) in [6.45, 7) is 3.69. The standard InChI is InChI=1S/C41H34BrN3O5S/c1-5-50-40(47)36-25(2)43-41-45(38(36)30-23-33(48-3)34(49-4)24-31(30)42)39(46)35(51-41)22-28-21-32(26-15-9-6-10-16-26)44(29-19-13-8-14-20-29)37(28)27-17-11-7-12-18-27/h6-24,38H,5H2,1-4H3/b35-22-/t38-/m1/s1. The number of hydrogen-bond acceptors (Lipinski definition) is 7. The lowest BCUT2D eigenvalue weighted by atomic mass is 9.95. The highest BCUT2D eigenvalue weighted by Gasteiger charge is 2.35. The minimum Gasteiger partial charge on any atom is -0.493 e. The molecule has 1 aliphatic rings. The van der Waals surface area contributed by atoms with Crippen molar-refractivity contribution in [2.75, 3.05) is 20.8 Å². The van der Waals surface area contributed by atoms with E-state index in [9.17, 15) is 9.59 Å². The van der Waals surface area contributed by atoms with Crippen molar-refractivity contribution in [1.82, 2.24) is 9.13 Å². The van der Waals surface area contributed by atoms with Crippen LogP contribution in [-0.4, -0.2) is 35.9 Å². The molecular weight excluding hydrogens is 726 g/mol. The minimum atomic E-state index is -0.848. The molecule has 0 aliphatic carbocycles. The SMILES string of the molecule is CCOC(=O)C1=C(C)N=c2s/c(=C\c3cc(-c4ccccc4)n(-c4ccccc4)c3-c3ccccc3)c(=O)n2[C@@H]1c1cc(OC)c(OC)cc1Br. The van der Waals surface area contributed by atoms with Gasteiger partial charge < -0.3 is 18.8 Å². The molecule has 0 spiro atoms. The second kappa shape index (κ2) is 14.4. The number of hydrogen-bond donors (Lipinski definition) is 0. The number of aromatic nitrogens is 2. The van der Waals surface area contributed by atoms with Crippen LogP contribution in [0.15, 0.2) is 135 Å². The van der Waals surface area contributed by atoms with E-state index in [2.05, 4.69) is 63.0 Å². The molecule has 4 aromatic carbocycles. The lowest BCUT2D eigenvalue weighted by Crippen LogP contribution is -2.40. The Hall–Kier alpha value is -5.45. The molecule has 2 aromatic heterocycles. The summed E-state index contributed by atoms with van der Waals surface area (Å²) in [5, 5.41) is 0. The molecule has 0 saturated carbocycles. The van der Waals surface area contributed by atoms with E-state index < -0.39 is 12.0 Å². The van der Waals surface area contributed by atoms with Crippen LogP contribution in [0.5, 0.6) is 11.5 Å². The molecule has 0 radical (unpaired) electrons. The first-order valence-electron chi connectivity index (χ1n) is 16.4. The Bertz CT molecular complexity index is 2470. The van der Waals surface area contributed by atoms with Crippen LogP contribution in [0.1, 0.15) is 31.0 Å². The van der Waals surface area contributed by atoms with Gasteiger partial charge in [0.05, 0.1) is 54.1 Å². The Morgan fingerprint density at radius 2 is 1.49 bits per heavy atom. The maximum Gasteiger partial charge on any atom is 0.338 e. The number of thiazole rings is 1. The molecule has 51 heavy (non-hydrogen) atoms. The number of carbonyl (C=O) groups is 1. The number of fused-ring (bicyclic) bond motifs is 1. The van der Waals surface area contributed by atoms with Crippen molar-refractivity contribution in [2.45, 2.75) is 19.9 Å². The molecule has 0 fully saturated rings. The van der Waals surface area contributed by atoms with E-state index >= 15 is 0 Å². The molecule has 3 heterocycles. The molecule has 6 aromatic rings. The van der Waals surface area contributed by atoms with Gasteiger partial charge >= 0.3 is 5.97 Å². The van der Waals surface area contributed by atoms with E-state index in [4.69, 9.17) is 19.2 Å². The normalized spacial score (nSPS) is 14.2. The van der Waals surface area contributed by atoms with Crippen molar-refractivity contribution in [3.8, 4) is 39.7 Å². The van der Waals surface area contributed by atoms with Crippen LogP contribution >= 0.6 is 27.3 Å². The molecule has 1 atom stereocenters. The van der Waals surface area contributed by atoms with Crippen LogP contribution in [-0.2, 0) is 9.53 Å². The Morgan fingerprint density at radius 3 is 2.12 bits per heavy atom. The fourth-order valence-electron chi connectivity index (χ4n) is 6.50. The Balaban J connectivity index is 1.52. The summed E-state index contributed by atoms with van der Waals surface area (Å²) in [5.41, 5.74) is 6.89. The Morgan fingerprint density at radius 1 is 0.882 bits per heavy atom. The second-order valence-corrected chi connectivity index (χ2v) is 13.6. The van der Waals surface area contributed by atoms with Crippen LogP contribution in [0.3, 0.4) is 0 Å². The summed E-state index contributed by atoms with van der Waals surface area (Å²) >= 11 is 4.97. The van der Waals surface area contributed by atoms with E-state index in [1.54, 1.807) is 44.8 Å². The number of para-hydroxylation sites is 1. The summed E-state index contributed by atoms with van der Waals surface area (Å²) in [7, 11) is 3.10. The van der Waals surface area contributed by atoms with Crippen LogP contribution < -0.4 is 24.4 Å². The smallest absolute Gasteiger partial charge is 0.338 e. The summed E-state index contributed by atoms with van der Waals surface area (Å²) in [4.78, 5) is 33.6. The van der Waals surface area contributed by atoms with Crippen molar-refractivity contribution < 1.29 is 19.0 Å². The molecule has 0 N–H and O–H groups in total. The molecule has 7 rings (SSSR count). The Kier molecular flexibility index (Phi) is 9.62. The van der Waals surface area contributed by atoms with Crippen LogP contribution in [0, 0.1) is 0 Å². The van der Waals surface area contributed by atoms with Gasteiger partial charge in [0.15, 0.2) is 16.3 Å². The molecule has 1 aliphatic heterocycles.